The normalized spacial score (nSPS) is 16.5. The van der Waals surface area contributed by atoms with E-state index in [0.29, 0.717) is 18.0 Å². The van der Waals surface area contributed by atoms with Gasteiger partial charge in [0.2, 0.25) is 0 Å². The number of nitrogens with one attached hydrogen (secondary N) is 1. The first kappa shape index (κ1) is 16.5. The number of carbonyl (C=O) groups is 1. The van der Waals surface area contributed by atoms with Gasteiger partial charge in [0, 0.05) is 36.2 Å². The van der Waals surface area contributed by atoms with Crippen molar-refractivity contribution in [1.29, 1.82) is 0 Å². The van der Waals surface area contributed by atoms with E-state index >= 15 is 0 Å². The number of hydrogen-bond acceptors (Lipinski definition) is 3. The summed E-state index contributed by atoms with van der Waals surface area (Å²) in [5, 5.41) is 2.98. The summed E-state index contributed by atoms with van der Waals surface area (Å²) in [6, 6.07) is 17.8. The van der Waals surface area contributed by atoms with Gasteiger partial charge in [-0.05, 0) is 36.2 Å². The predicted molar refractivity (Wildman–Crippen MR) is 99.4 cm³/mol. The summed E-state index contributed by atoms with van der Waals surface area (Å²) in [4.78, 5) is 16.9. The fourth-order valence-corrected chi connectivity index (χ4v) is 3.28. The predicted octanol–water partition coefficient (Wildman–Crippen LogP) is 3.31. The third-order valence-corrected chi connectivity index (χ3v) is 4.71. The van der Waals surface area contributed by atoms with Crippen LogP contribution < -0.4 is 5.32 Å². The third-order valence-electron chi connectivity index (χ3n) is 4.71. The first-order chi connectivity index (χ1) is 12.8. The maximum Gasteiger partial charge on any atom is 0.251 e. The van der Waals surface area contributed by atoms with E-state index in [-0.39, 0.29) is 5.91 Å². The highest BCUT2D eigenvalue weighted by Gasteiger charge is 2.19. The van der Waals surface area contributed by atoms with E-state index in [4.69, 9.17) is 4.74 Å². The molecule has 0 aliphatic carbocycles. The van der Waals surface area contributed by atoms with Crippen LogP contribution in [0.2, 0.25) is 0 Å². The molecule has 26 heavy (non-hydrogen) atoms. The second kappa shape index (κ2) is 7.54. The molecule has 5 nitrogen and oxygen atoms in total. The molecule has 1 atom stereocenters. The number of hydrogen-bond donors (Lipinski definition) is 1. The molecule has 0 bridgehead atoms. The van der Waals surface area contributed by atoms with E-state index in [1.807, 2.05) is 59.3 Å². The van der Waals surface area contributed by atoms with Gasteiger partial charge in [0.15, 0.2) is 0 Å². The summed E-state index contributed by atoms with van der Waals surface area (Å²) in [6.07, 6.45) is 4.66. The smallest absolute Gasteiger partial charge is 0.251 e. The van der Waals surface area contributed by atoms with Gasteiger partial charge in [-0.15, -0.1) is 0 Å². The molecule has 0 unspecified atom stereocenters. The summed E-state index contributed by atoms with van der Waals surface area (Å²) in [7, 11) is 0. The minimum Gasteiger partial charge on any atom is -0.381 e. The van der Waals surface area contributed by atoms with Gasteiger partial charge in [0.1, 0.15) is 5.82 Å². The third kappa shape index (κ3) is 3.53. The standard InChI is InChI=1S/C21H21N3O2/c25-21(17-6-4-5-16(13-17)18-9-12-26-15-18)23-14-20-22-10-11-24(20)19-7-2-1-3-8-19/h1-8,10-11,13,18H,9,12,14-15H2,(H,23,25)/t18-/m0/s1. The first-order valence-corrected chi connectivity index (χ1v) is 8.85. The van der Waals surface area contributed by atoms with Crippen LogP contribution in [0.4, 0.5) is 0 Å². The topological polar surface area (TPSA) is 56.2 Å². The second-order valence-electron chi connectivity index (χ2n) is 6.42. The van der Waals surface area contributed by atoms with Gasteiger partial charge in [-0.3, -0.25) is 4.79 Å². The lowest BCUT2D eigenvalue weighted by Crippen LogP contribution is -2.24. The van der Waals surface area contributed by atoms with Crippen LogP contribution in [0.5, 0.6) is 0 Å². The Morgan fingerprint density at radius 1 is 1.19 bits per heavy atom. The van der Waals surface area contributed by atoms with Crippen LogP contribution in [-0.4, -0.2) is 28.7 Å². The zero-order valence-electron chi connectivity index (χ0n) is 14.5. The van der Waals surface area contributed by atoms with Gasteiger partial charge in [-0.25, -0.2) is 4.98 Å². The summed E-state index contributed by atoms with van der Waals surface area (Å²) in [5.74, 6) is 1.10. The molecule has 1 fully saturated rings. The van der Waals surface area contributed by atoms with Crippen molar-refractivity contribution in [1.82, 2.24) is 14.9 Å². The Kier molecular flexibility index (Phi) is 4.80. The number of ether oxygens (including phenoxy) is 1. The van der Waals surface area contributed by atoms with Crippen molar-refractivity contribution in [2.45, 2.75) is 18.9 Å². The summed E-state index contributed by atoms with van der Waals surface area (Å²) >= 11 is 0. The quantitative estimate of drug-likeness (QED) is 0.770. The number of benzene rings is 2. The molecule has 0 radical (unpaired) electrons. The van der Waals surface area contributed by atoms with Crippen molar-refractivity contribution >= 4 is 5.91 Å². The minimum atomic E-state index is -0.0895. The van der Waals surface area contributed by atoms with Crippen LogP contribution in [0.1, 0.15) is 34.1 Å². The Morgan fingerprint density at radius 3 is 2.88 bits per heavy atom. The summed E-state index contributed by atoms with van der Waals surface area (Å²) in [6.45, 7) is 1.90. The lowest BCUT2D eigenvalue weighted by Gasteiger charge is -2.11. The molecule has 3 aromatic rings. The molecule has 4 rings (SSSR count). The molecule has 1 aromatic heterocycles. The zero-order valence-corrected chi connectivity index (χ0v) is 14.5. The average Bonchev–Trinajstić information content (AvgIpc) is 3.39. The van der Waals surface area contributed by atoms with Crippen molar-refractivity contribution in [3.8, 4) is 5.69 Å². The number of nitrogens with zero attached hydrogens (tertiary/aromatic N) is 2. The number of carbonyl (C=O) groups excluding carboxylic acids is 1. The molecular formula is C21H21N3O2. The lowest BCUT2D eigenvalue weighted by atomic mass is 9.96. The Hall–Kier alpha value is -2.92. The van der Waals surface area contributed by atoms with E-state index < -0.39 is 0 Å². The number of rotatable bonds is 5. The van der Waals surface area contributed by atoms with Crippen LogP contribution in [0.25, 0.3) is 5.69 Å². The molecule has 1 aliphatic rings. The van der Waals surface area contributed by atoms with Crippen LogP contribution in [0.3, 0.4) is 0 Å². The number of amides is 1. The van der Waals surface area contributed by atoms with E-state index in [1.165, 1.54) is 5.56 Å². The Balaban J connectivity index is 1.45. The fourth-order valence-electron chi connectivity index (χ4n) is 3.28. The molecule has 1 N–H and O–H groups in total. The Labute approximate surface area is 152 Å². The van der Waals surface area contributed by atoms with Crippen molar-refractivity contribution in [2.24, 2.45) is 0 Å². The lowest BCUT2D eigenvalue weighted by molar-refractivity contribution is 0.0949. The van der Waals surface area contributed by atoms with Gasteiger partial charge < -0.3 is 14.6 Å². The molecule has 1 aliphatic heterocycles. The molecule has 132 valence electrons. The average molecular weight is 347 g/mol. The highest BCUT2D eigenvalue weighted by Crippen LogP contribution is 2.25. The Morgan fingerprint density at radius 2 is 2.08 bits per heavy atom. The van der Waals surface area contributed by atoms with Crippen LogP contribution in [-0.2, 0) is 11.3 Å². The van der Waals surface area contributed by atoms with Crippen molar-refractivity contribution in [3.63, 3.8) is 0 Å². The highest BCUT2D eigenvalue weighted by molar-refractivity contribution is 5.94. The van der Waals surface area contributed by atoms with Crippen molar-refractivity contribution in [3.05, 3.63) is 83.9 Å². The fraction of sp³-hybridized carbons (Fsp3) is 0.238. The second-order valence-corrected chi connectivity index (χ2v) is 6.42. The molecular weight excluding hydrogens is 326 g/mol. The van der Waals surface area contributed by atoms with E-state index in [1.54, 1.807) is 6.20 Å². The number of aromatic nitrogens is 2. The largest absolute Gasteiger partial charge is 0.381 e. The van der Waals surface area contributed by atoms with E-state index in [2.05, 4.69) is 16.4 Å². The monoisotopic (exact) mass is 347 g/mol. The van der Waals surface area contributed by atoms with Crippen molar-refractivity contribution in [2.75, 3.05) is 13.2 Å². The van der Waals surface area contributed by atoms with Crippen LogP contribution in [0, 0.1) is 0 Å². The van der Waals surface area contributed by atoms with Gasteiger partial charge in [-0.2, -0.15) is 0 Å². The number of para-hydroxylation sites is 1. The summed E-state index contributed by atoms with van der Waals surface area (Å²) < 4.78 is 7.43. The van der Waals surface area contributed by atoms with Gasteiger partial charge >= 0.3 is 0 Å². The molecule has 1 saturated heterocycles. The SMILES string of the molecule is O=C(NCc1nccn1-c1ccccc1)c1cccc([C@H]2CCOC2)c1. The van der Waals surface area contributed by atoms with Crippen molar-refractivity contribution < 1.29 is 9.53 Å². The summed E-state index contributed by atoms with van der Waals surface area (Å²) in [5.41, 5.74) is 2.87. The molecule has 0 saturated carbocycles. The van der Waals surface area contributed by atoms with Crippen LogP contribution >= 0.6 is 0 Å². The minimum absolute atomic E-state index is 0.0895. The Bertz CT molecular complexity index is 883. The maximum atomic E-state index is 12.6. The molecule has 2 heterocycles. The van der Waals surface area contributed by atoms with Gasteiger partial charge in [0.25, 0.3) is 5.91 Å². The molecule has 0 spiro atoms. The first-order valence-electron chi connectivity index (χ1n) is 8.85. The van der Waals surface area contributed by atoms with Gasteiger partial charge in [-0.1, -0.05) is 30.3 Å². The maximum absolute atomic E-state index is 12.6. The highest BCUT2D eigenvalue weighted by atomic mass is 16.5. The molecule has 5 heteroatoms. The van der Waals surface area contributed by atoms with Gasteiger partial charge in [0.05, 0.1) is 13.2 Å². The zero-order chi connectivity index (χ0) is 17.8. The number of imidazole rings is 1. The van der Waals surface area contributed by atoms with E-state index in [0.717, 1.165) is 31.1 Å². The molecule has 1 amide bonds. The van der Waals surface area contributed by atoms with E-state index in [9.17, 15) is 4.79 Å². The molecule has 2 aromatic carbocycles. The van der Waals surface area contributed by atoms with Crippen LogP contribution in [0.15, 0.2) is 67.0 Å².